The molecule has 0 N–H and O–H groups in total. The number of hydrogen-bond donors (Lipinski definition) is 0. The largest absolute Gasteiger partial charge is 0.440 e. The molecule has 0 bridgehead atoms. The molecule has 5 rings (SSSR count). The quantitative estimate of drug-likeness (QED) is 0.469. The number of benzene rings is 1. The molecule has 3 heterocycles. The maximum Gasteiger partial charge on any atom is 0.252 e. The second-order valence-corrected chi connectivity index (χ2v) is 12.2. The highest BCUT2D eigenvalue weighted by Crippen LogP contribution is 2.38. The summed E-state index contributed by atoms with van der Waals surface area (Å²) in [6.07, 6.45) is 6.39. The van der Waals surface area contributed by atoms with E-state index in [1.807, 2.05) is 31.2 Å². The van der Waals surface area contributed by atoms with E-state index in [4.69, 9.17) is 16.0 Å². The second kappa shape index (κ2) is 8.82. The monoisotopic (exact) mass is 491 g/mol. The van der Waals surface area contributed by atoms with Crippen molar-refractivity contribution in [1.29, 1.82) is 0 Å². The minimum absolute atomic E-state index is 0.346. The second-order valence-electron chi connectivity index (χ2n) is 8.48. The molecule has 1 aliphatic heterocycles. The van der Waals surface area contributed by atoms with Gasteiger partial charge in [-0.25, -0.2) is 13.4 Å². The molecule has 1 saturated carbocycles. The van der Waals surface area contributed by atoms with Gasteiger partial charge < -0.3 is 9.32 Å². The highest BCUT2D eigenvalue weighted by atomic mass is 35.5. The van der Waals surface area contributed by atoms with Gasteiger partial charge in [-0.05, 0) is 49.6 Å². The maximum atomic E-state index is 13.3. The first-order chi connectivity index (χ1) is 15.4. The number of oxazole rings is 1. The number of thiophene rings is 1. The summed E-state index contributed by atoms with van der Waals surface area (Å²) in [6, 6.07) is 9.32. The maximum absolute atomic E-state index is 13.3. The van der Waals surface area contributed by atoms with Gasteiger partial charge in [0.1, 0.15) is 4.21 Å². The number of aromatic nitrogens is 1. The molecule has 0 spiro atoms. The Morgan fingerprint density at radius 1 is 1.09 bits per heavy atom. The van der Waals surface area contributed by atoms with Crippen LogP contribution in [0.5, 0.6) is 0 Å². The number of aryl methyl sites for hydroxylation is 1. The van der Waals surface area contributed by atoms with Crippen molar-refractivity contribution < 1.29 is 12.8 Å². The lowest BCUT2D eigenvalue weighted by molar-refractivity contribution is 0.385. The fraction of sp³-hybridized carbons (Fsp3) is 0.435. The van der Waals surface area contributed by atoms with E-state index in [1.165, 1.54) is 24.2 Å². The van der Waals surface area contributed by atoms with Gasteiger partial charge in [-0.15, -0.1) is 11.3 Å². The average molecular weight is 492 g/mol. The molecule has 2 fully saturated rings. The van der Waals surface area contributed by atoms with E-state index in [-0.39, 0.29) is 0 Å². The molecule has 170 valence electrons. The van der Waals surface area contributed by atoms with E-state index in [0.717, 1.165) is 34.9 Å². The molecule has 0 atom stereocenters. The van der Waals surface area contributed by atoms with Gasteiger partial charge in [0, 0.05) is 42.8 Å². The van der Waals surface area contributed by atoms with Crippen LogP contribution in [0, 0.1) is 6.92 Å². The molecule has 1 aliphatic carbocycles. The summed E-state index contributed by atoms with van der Waals surface area (Å²) in [7, 11) is -3.54. The van der Waals surface area contributed by atoms with Gasteiger partial charge in [-0.2, -0.15) is 4.31 Å². The van der Waals surface area contributed by atoms with Crippen LogP contribution in [0.3, 0.4) is 0 Å². The van der Waals surface area contributed by atoms with Gasteiger partial charge in [0.15, 0.2) is 11.7 Å². The van der Waals surface area contributed by atoms with E-state index >= 15 is 0 Å². The van der Waals surface area contributed by atoms with Gasteiger partial charge in [0.2, 0.25) is 0 Å². The van der Waals surface area contributed by atoms with Crippen LogP contribution in [0.15, 0.2) is 45.2 Å². The Hall–Kier alpha value is -1.87. The Morgan fingerprint density at radius 2 is 1.84 bits per heavy atom. The van der Waals surface area contributed by atoms with Crippen molar-refractivity contribution in [2.24, 2.45) is 0 Å². The van der Waals surface area contributed by atoms with Gasteiger partial charge >= 0.3 is 0 Å². The van der Waals surface area contributed by atoms with E-state index in [0.29, 0.717) is 47.1 Å². The van der Waals surface area contributed by atoms with Crippen molar-refractivity contribution in [2.45, 2.75) is 42.7 Å². The highest BCUT2D eigenvalue weighted by Gasteiger charge is 2.31. The summed E-state index contributed by atoms with van der Waals surface area (Å²) < 4.78 is 34.4. The third kappa shape index (κ3) is 4.21. The van der Waals surface area contributed by atoms with Crippen molar-refractivity contribution in [2.75, 3.05) is 31.1 Å². The van der Waals surface area contributed by atoms with Crippen molar-refractivity contribution in [3.8, 4) is 10.6 Å². The summed E-state index contributed by atoms with van der Waals surface area (Å²) in [5, 5.41) is 0.690. The smallest absolute Gasteiger partial charge is 0.252 e. The summed E-state index contributed by atoms with van der Waals surface area (Å²) in [5.41, 5.74) is 2.20. The molecular formula is C23H26ClN3O3S2. The predicted molar refractivity (Wildman–Crippen MR) is 128 cm³/mol. The van der Waals surface area contributed by atoms with Crippen LogP contribution in [0.1, 0.15) is 43.1 Å². The summed E-state index contributed by atoms with van der Waals surface area (Å²) in [4.78, 5) is 7.45. The Kier molecular flexibility index (Phi) is 6.05. The number of rotatable bonds is 5. The third-order valence-corrected chi connectivity index (χ3v) is 10.1. The topological polar surface area (TPSA) is 66.7 Å². The zero-order valence-corrected chi connectivity index (χ0v) is 20.3. The Labute approximate surface area is 197 Å². The normalized spacial score (nSPS) is 18.5. The predicted octanol–water partition coefficient (Wildman–Crippen LogP) is 5.53. The molecule has 6 nitrogen and oxygen atoms in total. The Balaban J connectivity index is 1.29. The Bertz CT molecular complexity index is 1210. The highest BCUT2D eigenvalue weighted by molar-refractivity contribution is 7.91. The number of anilines is 1. The minimum atomic E-state index is -3.54. The van der Waals surface area contributed by atoms with Gasteiger partial charge in [0.25, 0.3) is 10.0 Å². The average Bonchev–Trinajstić information content (AvgIpc) is 3.55. The summed E-state index contributed by atoms with van der Waals surface area (Å²) in [6.45, 7) is 4.19. The summed E-state index contributed by atoms with van der Waals surface area (Å²) in [5.74, 6) is 1.83. The van der Waals surface area contributed by atoms with Crippen LogP contribution in [0.2, 0.25) is 5.02 Å². The lowest BCUT2D eigenvalue weighted by Gasteiger charge is -2.36. The molecule has 2 aliphatic rings. The number of nitrogens with zero attached hydrogens (tertiary/aromatic N) is 3. The molecule has 2 aromatic heterocycles. The number of piperazine rings is 1. The van der Waals surface area contributed by atoms with Crippen LogP contribution in [0.25, 0.3) is 10.6 Å². The van der Waals surface area contributed by atoms with Crippen molar-refractivity contribution >= 4 is 38.6 Å². The van der Waals surface area contributed by atoms with E-state index in [9.17, 15) is 8.42 Å². The zero-order valence-electron chi connectivity index (χ0n) is 18.0. The lowest BCUT2D eigenvalue weighted by atomic mass is 10.1. The van der Waals surface area contributed by atoms with Gasteiger partial charge in [-0.1, -0.05) is 30.5 Å². The molecule has 3 aromatic rings. The van der Waals surface area contributed by atoms with Crippen LogP contribution < -0.4 is 4.90 Å². The minimum Gasteiger partial charge on any atom is -0.440 e. The van der Waals surface area contributed by atoms with Gasteiger partial charge in [-0.3, -0.25) is 0 Å². The summed E-state index contributed by atoms with van der Waals surface area (Å²) >= 11 is 7.41. The molecule has 1 aromatic carbocycles. The third-order valence-electron chi connectivity index (χ3n) is 6.40. The Morgan fingerprint density at radius 3 is 2.59 bits per heavy atom. The SMILES string of the molecule is Cc1ccc(Cl)cc1N1CCN(S(=O)(=O)c2ccc(-c3cnc(C4CCCC4)o3)s2)CC1. The molecular weight excluding hydrogens is 466 g/mol. The first-order valence-electron chi connectivity index (χ1n) is 11.0. The van der Waals surface area contributed by atoms with Crippen molar-refractivity contribution in [3.63, 3.8) is 0 Å². The number of sulfonamides is 1. The molecule has 1 saturated heterocycles. The van der Waals surface area contributed by atoms with Crippen molar-refractivity contribution in [3.05, 3.63) is 53.0 Å². The van der Waals surface area contributed by atoms with E-state index in [2.05, 4.69) is 9.88 Å². The standard InChI is InChI=1S/C23H26ClN3O3S2/c1-16-6-7-18(24)14-19(16)26-10-12-27(13-11-26)32(28,29)22-9-8-21(31-22)20-15-25-23(30-20)17-4-2-3-5-17/h6-9,14-15,17H,2-5,10-13H2,1H3. The number of halogens is 1. The van der Waals surface area contributed by atoms with E-state index in [1.54, 1.807) is 16.6 Å². The molecule has 0 radical (unpaired) electrons. The van der Waals surface area contributed by atoms with Crippen LogP contribution in [-0.4, -0.2) is 43.9 Å². The van der Waals surface area contributed by atoms with Crippen LogP contribution >= 0.6 is 22.9 Å². The van der Waals surface area contributed by atoms with Crippen molar-refractivity contribution in [1.82, 2.24) is 9.29 Å². The van der Waals surface area contributed by atoms with Crippen LogP contribution in [-0.2, 0) is 10.0 Å². The van der Waals surface area contributed by atoms with Crippen LogP contribution in [0.4, 0.5) is 5.69 Å². The first-order valence-corrected chi connectivity index (χ1v) is 13.6. The number of hydrogen-bond acceptors (Lipinski definition) is 6. The molecule has 0 unspecified atom stereocenters. The zero-order chi connectivity index (χ0) is 22.3. The molecule has 9 heteroatoms. The van der Waals surface area contributed by atoms with Gasteiger partial charge in [0.05, 0.1) is 11.1 Å². The lowest BCUT2D eigenvalue weighted by Crippen LogP contribution is -2.48. The molecule has 0 amide bonds. The first kappa shape index (κ1) is 21.9. The van der Waals surface area contributed by atoms with E-state index < -0.39 is 10.0 Å². The fourth-order valence-electron chi connectivity index (χ4n) is 4.57. The molecule has 32 heavy (non-hydrogen) atoms. The fourth-order valence-corrected chi connectivity index (χ4v) is 7.57.